The highest BCUT2D eigenvalue weighted by Crippen LogP contribution is 2.26. The third kappa shape index (κ3) is 4.40. The molecular weight excluding hydrogens is 312 g/mol. The van der Waals surface area contributed by atoms with E-state index in [4.69, 9.17) is 22.7 Å². The first-order valence-corrected chi connectivity index (χ1v) is 8.62. The molecule has 8 heteroatoms. The first kappa shape index (κ1) is 15.7. The molecule has 1 aliphatic heterocycles. The Morgan fingerprint density at radius 2 is 2.14 bits per heavy atom. The third-order valence-electron chi connectivity index (χ3n) is 3.12. The minimum Gasteiger partial charge on any atom is -0.484 e. The predicted molar refractivity (Wildman–Crippen MR) is 84.1 cm³/mol. The van der Waals surface area contributed by atoms with E-state index in [-0.39, 0.29) is 29.0 Å². The Bertz CT molecular complexity index is 658. The summed E-state index contributed by atoms with van der Waals surface area (Å²) in [6.45, 7) is 0.0695. The van der Waals surface area contributed by atoms with Gasteiger partial charge in [0.1, 0.15) is 17.3 Å². The van der Waals surface area contributed by atoms with Crippen molar-refractivity contribution in [2.24, 2.45) is 11.7 Å². The summed E-state index contributed by atoms with van der Waals surface area (Å²) in [5.41, 5.74) is 5.85. The van der Waals surface area contributed by atoms with E-state index in [1.807, 2.05) is 0 Å². The van der Waals surface area contributed by atoms with Crippen LogP contribution in [0.1, 0.15) is 6.42 Å². The van der Waals surface area contributed by atoms with Crippen LogP contribution in [0, 0.1) is 5.92 Å². The summed E-state index contributed by atoms with van der Waals surface area (Å²) in [4.78, 5) is 12.3. The summed E-state index contributed by atoms with van der Waals surface area (Å²) < 4.78 is 28.2. The molecule has 1 aromatic rings. The highest BCUT2D eigenvalue weighted by molar-refractivity contribution is 7.91. The molecule has 0 aliphatic carbocycles. The van der Waals surface area contributed by atoms with Gasteiger partial charge in [0.25, 0.3) is 0 Å². The molecule has 0 radical (unpaired) electrons. The summed E-state index contributed by atoms with van der Waals surface area (Å²) in [6, 6.07) is 6.86. The first-order valence-electron chi connectivity index (χ1n) is 6.39. The van der Waals surface area contributed by atoms with E-state index in [1.165, 1.54) is 0 Å². The Kier molecular flexibility index (Phi) is 4.79. The molecule has 1 atom stereocenters. The second-order valence-corrected chi connectivity index (χ2v) is 7.59. The fraction of sp³-hybridized carbons (Fsp3) is 0.385. The van der Waals surface area contributed by atoms with Gasteiger partial charge in [-0.25, -0.2) is 8.42 Å². The van der Waals surface area contributed by atoms with Crippen molar-refractivity contribution in [3.05, 3.63) is 24.3 Å². The van der Waals surface area contributed by atoms with Gasteiger partial charge in [0.15, 0.2) is 9.84 Å². The van der Waals surface area contributed by atoms with Crippen molar-refractivity contribution >= 4 is 38.6 Å². The van der Waals surface area contributed by atoms with Gasteiger partial charge in [0.05, 0.1) is 23.1 Å². The maximum atomic E-state index is 12.1. The van der Waals surface area contributed by atoms with Gasteiger partial charge in [-0.3, -0.25) is 4.79 Å². The number of benzene rings is 1. The van der Waals surface area contributed by atoms with Gasteiger partial charge in [-0.15, -0.1) is 0 Å². The molecule has 0 bridgehead atoms. The average Bonchev–Trinajstić information content (AvgIpc) is 2.78. The highest BCUT2D eigenvalue weighted by atomic mass is 32.2. The summed E-state index contributed by atoms with van der Waals surface area (Å²) in [5, 5.41) is 2.70. The molecule has 1 fully saturated rings. The molecule has 114 valence electrons. The number of amides is 1. The van der Waals surface area contributed by atoms with Crippen LogP contribution in [-0.2, 0) is 14.6 Å². The lowest BCUT2D eigenvalue weighted by Gasteiger charge is -2.14. The number of carbonyl (C=O) groups excluding carboxylic acids is 1. The van der Waals surface area contributed by atoms with E-state index in [9.17, 15) is 13.2 Å². The summed E-state index contributed by atoms with van der Waals surface area (Å²) in [7, 11) is -3.09. The van der Waals surface area contributed by atoms with Crippen LogP contribution < -0.4 is 15.8 Å². The maximum Gasteiger partial charge on any atom is 0.228 e. The van der Waals surface area contributed by atoms with Crippen LogP contribution >= 0.6 is 12.2 Å². The smallest absolute Gasteiger partial charge is 0.228 e. The molecule has 1 aromatic carbocycles. The molecule has 0 spiro atoms. The number of rotatable bonds is 5. The molecule has 6 nitrogen and oxygen atoms in total. The average molecular weight is 328 g/mol. The zero-order valence-electron chi connectivity index (χ0n) is 11.2. The predicted octanol–water partition coefficient (Wildman–Crippen LogP) is 0.725. The SMILES string of the molecule is NC(=S)COc1ccccc1NC(=O)C1CCS(=O)(=O)C1. The Labute approximate surface area is 128 Å². The van der Waals surface area contributed by atoms with E-state index in [2.05, 4.69) is 5.32 Å². The second-order valence-electron chi connectivity index (χ2n) is 4.84. The number of nitrogens with one attached hydrogen (secondary N) is 1. The lowest BCUT2D eigenvalue weighted by Crippen LogP contribution is -2.24. The minimum atomic E-state index is -3.09. The van der Waals surface area contributed by atoms with E-state index in [0.717, 1.165) is 0 Å². The van der Waals surface area contributed by atoms with Crippen molar-refractivity contribution in [3.63, 3.8) is 0 Å². The van der Waals surface area contributed by atoms with Gasteiger partial charge >= 0.3 is 0 Å². The van der Waals surface area contributed by atoms with Crippen molar-refractivity contribution < 1.29 is 17.9 Å². The van der Waals surface area contributed by atoms with Gasteiger partial charge in [-0.2, -0.15) is 0 Å². The maximum absolute atomic E-state index is 12.1. The molecule has 1 aliphatic rings. The van der Waals surface area contributed by atoms with Gasteiger partial charge in [0, 0.05) is 0 Å². The van der Waals surface area contributed by atoms with Crippen molar-refractivity contribution in [2.75, 3.05) is 23.4 Å². The van der Waals surface area contributed by atoms with Crippen LogP contribution in [0.25, 0.3) is 0 Å². The zero-order chi connectivity index (χ0) is 15.5. The number of sulfone groups is 1. The quantitative estimate of drug-likeness (QED) is 0.773. The van der Waals surface area contributed by atoms with E-state index >= 15 is 0 Å². The largest absolute Gasteiger partial charge is 0.484 e. The lowest BCUT2D eigenvalue weighted by molar-refractivity contribution is -0.119. The van der Waals surface area contributed by atoms with E-state index < -0.39 is 15.8 Å². The fourth-order valence-electron chi connectivity index (χ4n) is 2.08. The summed E-state index contributed by atoms with van der Waals surface area (Å²) in [5.74, 6) is -0.431. The molecular formula is C13H16N2O4S2. The minimum absolute atomic E-state index is 0.0602. The topological polar surface area (TPSA) is 98.5 Å². The molecule has 1 amide bonds. The highest BCUT2D eigenvalue weighted by Gasteiger charge is 2.33. The molecule has 2 rings (SSSR count). The molecule has 21 heavy (non-hydrogen) atoms. The van der Waals surface area contributed by atoms with Crippen molar-refractivity contribution in [1.82, 2.24) is 0 Å². The normalized spacial score (nSPS) is 19.9. The first-order chi connectivity index (χ1) is 9.87. The Morgan fingerprint density at radius 3 is 2.76 bits per heavy atom. The van der Waals surface area contributed by atoms with Gasteiger partial charge in [-0.1, -0.05) is 24.4 Å². The molecule has 1 unspecified atom stereocenters. The van der Waals surface area contributed by atoms with Crippen LogP contribution in [0.4, 0.5) is 5.69 Å². The van der Waals surface area contributed by atoms with Crippen molar-refractivity contribution in [2.45, 2.75) is 6.42 Å². The summed E-state index contributed by atoms with van der Waals surface area (Å²) in [6.07, 6.45) is 0.351. The summed E-state index contributed by atoms with van der Waals surface area (Å²) >= 11 is 4.74. The van der Waals surface area contributed by atoms with Crippen molar-refractivity contribution in [3.8, 4) is 5.75 Å². The Balaban J connectivity index is 2.05. The standard InChI is InChI=1S/C13H16N2O4S2/c14-12(20)7-19-11-4-2-1-3-10(11)15-13(16)9-5-6-21(17,18)8-9/h1-4,9H,5-8H2,(H2,14,20)(H,15,16). The number of ether oxygens (including phenoxy) is 1. The fourth-order valence-corrected chi connectivity index (χ4v) is 3.88. The number of thiocarbonyl (C=S) groups is 1. The second kappa shape index (κ2) is 6.40. The van der Waals surface area contributed by atoms with Crippen LogP contribution in [0.3, 0.4) is 0 Å². The third-order valence-corrected chi connectivity index (χ3v) is 5.00. The Morgan fingerprint density at radius 1 is 1.43 bits per heavy atom. The van der Waals surface area contributed by atoms with Gasteiger partial charge < -0.3 is 15.8 Å². The Hall–Kier alpha value is -1.67. The lowest BCUT2D eigenvalue weighted by atomic mass is 10.1. The number of hydrogen-bond donors (Lipinski definition) is 2. The monoisotopic (exact) mass is 328 g/mol. The van der Waals surface area contributed by atoms with Crippen LogP contribution in [0.15, 0.2) is 24.3 Å². The van der Waals surface area contributed by atoms with Gasteiger partial charge in [-0.05, 0) is 18.6 Å². The number of anilines is 1. The number of hydrogen-bond acceptors (Lipinski definition) is 5. The molecule has 3 N–H and O–H groups in total. The van der Waals surface area contributed by atoms with E-state index in [0.29, 0.717) is 17.9 Å². The van der Waals surface area contributed by atoms with Crippen molar-refractivity contribution in [1.29, 1.82) is 0 Å². The van der Waals surface area contributed by atoms with Crippen LogP contribution in [0.5, 0.6) is 5.75 Å². The van der Waals surface area contributed by atoms with Crippen LogP contribution in [-0.4, -0.2) is 37.4 Å². The molecule has 1 saturated heterocycles. The zero-order valence-corrected chi connectivity index (χ0v) is 12.9. The number of nitrogens with two attached hydrogens (primary N) is 1. The van der Waals surface area contributed by atoms with Gasteiger partial charge in [0.2, 0.25) is 5.91 Å². The molecule has 1 heterocycles. The van der Waals surface area contributed by atoms with Crippen LogP contribution in [0.2, 0.25) is 0 Å². The molecule has 0 aromatic heterocycles. The number of carbonyl (C=O) groups is 1. The molecule has 0 saturated carbocycles. The van der Waals surface area contributed by atoms with E-state index in [1.54, 1.807) is 24.3 Å². The number of para-hydroxylation sites is 2.